The third-order valence-corrected chi connectivity index (χ3v) is 4.87. The van der Waals surface area contributed by atoms with Gasteiger partial charge in [-0.05, 0) is 25.2 Å². The van der Waals surface area contributed by atoms with E-state index in [1.807, 2.05) is 25.2 Å². The Morgan fingerprint density at radius 3 is 2.76 bits per heavy atom. The summed E-state index contributed by atoms with van der Waals surface area (Å²) < 4.78 is 10.9. The topological polar surface area (TPSA) is 88.3 Å². The van der Waals surface area contributed by atoms with Crippen molar-refractivity contribution in [2.75, 3.05) is 33.1 Å². The first kappa shape index (κ1) is 20.7. The average molecular weight is 415 g/mol. The molecule has 0 saturated heterocycles. The fourth-order valence-corrected chi connectivity index (χ4v) is 3.43. The van der Waals surface area contributed by atoms with Crippen molar-refractivity contribution in [1.82, 2.24) is 15.3 Å². The molecule has 1 aromatic carbocycles. The lowest BCUT2D eigenvalue weighted by Gasteiger charge is -2.14. The zero-order valence-electron chi connectivity index (χ0n) is 16.5. The summed E-state index contributed by atoms with van der Waals surface area (Å²) in [5, 5.41) is 6.91. The molecule has 2 heterocycles. The molecule has 0 unspecified atom stereocenters. The number of rotatable bonds is 9. The van der Waals surface area contributed by atoms with E-state index in [1.165, 1.54) is 0 Å². The number of nitrogens with zero attached hydrogens (tertiary/aromatic N) is 1. The van der Waals surface area contributed by atoms with Crippen molar-refractivity contribution < 1.29 is 14.3 Å². The number of aldehydes is 1. The zero-order valence-corrected chi connectivity index (χ0v) is 17.3. The lowest BCUT2D eigenvalue weighted by atomic mass is 10.1. The third-order valence-electron chi connectivity index (χ3n) is 4.57. The Balaban J connectivity index is 2.19. The number of likely N-dealkylation sites (N-methyl/N-ethyl adjacent to an activating group) is 1. The summed E-state index contributed by atoms with van der Waals surface area (Å²) in [5.74, 6) is 1.09. The molecule has 0 bridgehead atoms. The molecule has 7 nitrogen and oxygen atoms in total. The molecule has 0 aliphatic carbocycles. The van der Waals surface area contributed by atoms with Crippen LogP contribution in [0.25, 0.3) is 11.3 Å². The molecule has 152 valence electrons. The molecule has 0 spiro atoms. The number of ether oxygens (including phenoxy) is 2. The molecule has 29 heavy (non-hydrogen) atoms. The molecular formula is C21H23ClN4O3. The first-order valence-electron chi connectivity index (χ1n) is 9.07. The lowest BCUT2D eigenvalue weighted by Crippen LogP contribution is -2.11. The Hall–Kier alpha value is -3.03. The van der Waals surface area contributed by atoms with Gasteiger partial charge in [0.1, 0.15) is 5.75 Å². The normalized spacial score (nSPS) is 10.6. The van der Waals surface area contributed by atoms with Gasteiger partial charge in [0.25, 0.3) is 0 Å². The molecule has 0 saturated carbocycles. The Morgan fingerprint density at radius 2 is 2.07 bits per heavy atom. The van der Waals surface area contributed by atoms with Crippen molar-refractivity contribution in [3.8, 4) is 22.8 Å². The van der Waals surface area contributed by atoms with Crippen LogP contribution in [0.4, 0.5) is 11.4 Å². The highest BCUT2D eigenvalue weighted by atomic mass is 35.5. The van der Waals surface area contributed by atoms with Crippen LogP contribution in [0.1, 0.15) is 16.1 Å². The number of hydrogen-bond acceptors (Lipinski definition) is 6. The van der Waals surface area contributed by atoms with E-state index in [2.05, 4.69) is 20.6 Å². The molecule has 3 rings (SSSR count). The highest BCUT2D eigenvalue weighted by molar-refractivity contribution is 6.32. The van der Waals surface area contributed by atoms with Crippen LogP contribution in [0.2, 0.25) is 5.02 Å². The summed E-state index contributed by atoms with van der Waals surface area (Å²) in [6.45, 7) is 0.716. The Kier molecular flexibility index (Phi) is 6.74. The van der Waals surface area contributed by atoms with Crippen molar-refractivity contribution in [2.45, 2.75) is 6.42 Å². The van der Waals surface area contributed by atoms with Crippen LogP contribution < -0.4 is 20.1 Å². The van der Waals surface area contributed by atoms with E-state index in [1.54, 1.807) is 32.7 Å². The maximum absolute atomic E-state index is 12.0. The quantitative estimate of drug-likeness (QED) is 0.457. The van der Waals surface area contributed by atoms with Crippen molar-refractivity contribution in [2.24, 2.45) is 0 Å². The van der Waals surface area contributed by atoms with Crippen LogP contribution in [0.5, 0.6) is 11.5 Å². The van der Waals surface area contributed by atoms with Gasteiger partial charge in [0.15, 0.2) is 12.0 Å². The molecule has 2 aromatic heterocycles. The largest absolute Gasteiger partial charge is 0.494 e. The minimum atomic E-state index is 0.471. The number of methoxy groups -OCH3 is 2. The number of carbonyl (C=O) groups excluding carboxylic acids is 1. The number of aromatic nitrogens is 2. The second kappa shape index (κ2) is 9.45. The first-order valence-corrected chi connectivity index (χ1v) is 9.44. The number of benzene rings is 1. The first-order chi connectivity index (χ1) is 14.1. The van der Waals surface area contributed by atoms with Gasteiger partial charge in [0, 0.05) is 30.4 Å². The molecule has 0 fully saturated rings. The summed E-state index contributed by atoms with van der Waals surface area (Å²) in [6.07, 6.45) is 4.81. The second-order valence-electron chi connectivity index (χ2n) is 6.26. The van der Waals surface area contributed by atoms with Gasteiger partial charge in [-0.15, -0.1) is 0 Å². The predicted molar refractivity (Wildman–Crippen MR) is 115 cm³/mol. The van der Waals surface area contributed by atoms with Crippen molar-refractivity contribution in [3.63, 3.8) is 0 Å². The van der Waals surface area contributed by atoms with Crippen molar-refractivity contribution in [1.29, 1.82) is 0 Å². The Bertz CT molecular complexity index is 1000. The molecule has 3 aromatic rings. The van der Waals surface area contributed by atoms with Crippen LogP contribution >= 0.6 is 11.6 Å². The van der Waals surface area contributed by atoms with Gasteiger partial charge in [0.2, 0.25) is 0 Å². The number of pyridine rings is 1. The minimum Gasteiger partial charge on any atom is -0.494 e. The molecule has 0 atom stereocenters. The molecule has 0 radical (unpaired) electrons. The van der Waals surface area contributed by atoms with Crippen LogP contribution in [-0.4, -0.2) is 44.1 Å². The number of nitrogens with one attached hydrogen (secondary N) is 3. The highest BCUT2D eigenvalue weighted by Crippen LogP contribution is 2.41. The van der Waals surface area contributed by atoms with E-state index >= 15 is 0 Å². The predicted octanol–water partition coefficient (Wildman–Crippen LogP) is 4.07. The Morgan fingerprint density at radius 1 is 1.24 bits per heavy atom. The van der Waals surface area contributed by atoms with E-state index in [-0.39, 0.29) is 0 Å². The number of halogens is 1. The van der Waals surface area contributed by atoms with Crippen LogP contribution in [-0.2, 0) is 6.42 Å². The van der Waals surface area contributed by atoms with Gasteiger partial charge in [-0.25, -0.2) is 0 Å². The molecule has 3 N–H and O–H groups in total. The van der Waals surface area contributed by atoms with E-state index in [9.17, 15) is 4.79 Å². The standard InChI is InChI=1S/C21H23ClN4O3/c1-23-9-8-16-14(12-27)20(26-17-6-4-5-15(22)21(17)29-3)19(25-16)13-7-10-24-11-18(13)28-2/h4-7,10-12,23,25-26H,8-9H2,1-3H3. The Labute approximate surface area is 174 Å². The monoisotopic (exact) mass is 414 g/mol. The summed E-state index contributed by atoms with van der Waals surface area (Å²) in [7, 11) is 5.00. The summed E-state index contributed by atoms with van der Waals surface area (Å²) in [4.78, 5) is 19.5. The average Bonchev–Trinajstić information content (AvgIpc) is 3.09. The highest BCUT2D eigenvalue weighted by Gasteiger charge is 2.22. The van der Waals surface area contributed by atoms with Gasteiger partial charge >= 0.3 is 0 Å². The number of carbonyl (C=O) groups is 1. The molecule has 0 aliphatic rings. The summed E-state index contributed by atoms with van der Waals surface area (Å²) in [6, 6.07) is 7.23. The van der Waals surface area contributed by atoms with Crippen molar-refractivity contribution >= 4 is 29.3 Å². The summed E-state index contributed by atoms with van der Waals surface area (Å²) in [5.41, 5.74) is 4.12. The van der Waals surface area contributed by atoms with E-state index < -0.39 is 0 Å². The lowest BCUT2D eigenvalue weighted by molar-refractivity contribution is 0.112. The maximum atomic E-state index is 12.0. The SMILES string of the molecule is CNCCc1[nH]c(-c2ccncc2OC)c(Nc2cccc(Cl)c2OC)c1C=O. The van der Waals surface area contributed by atoms with Crippen LogP contribution in [0.3, 0.4) is 0 Å². The van der Waals surface area contributed by atoms with Gasteiger partial charge in [-0.3, -0.25) is 9.78 Å². The number of H-pyrrole nitrogens is 1. The third kappa shape index (κ3) is 4.21. The second-order valence-corrected chi connectivity index (χ2v) is 6.67. The minimum absolute atomic E-state index is 0.471. The molecule has 8 heteroatoms. The number of aromatic amines is 1. The molecular weight excluding hydrogens is 392 g/mol. The fraction of sp³-hybridized carbons (Fsp3) is 0.238. The zero-order chi connectivity index (χ0) is 20.8. The molecule has 0 amide bonds. The maximum Gasteiger partial charge on any atom is 0.160 e. The van der Waals surface area contributed by atoms with Crippen LogP contribution in [0, 0.1) is 0 Å². The summed E-state index contributed by atoms with van der Waals surface area (Å²) >= 11 is 6.27. The van der Waals surface area contributed by atoms with Gasteiger partial charge < -0.3 is 25.1 Å². The smallest absolute Gasteiger partial charge is 0.160 e. The number of anilines is 2. The fourth-order valence-electron chi connectivity index (χ4n) is 3.17. The van der Waals surface area contributed by atoms with Gasteiger partial charge in [-0.1, -0.05) is 17.7 Å². The van der Waals surface area contributed by atoms with Crippen LogP contribution in [0.15, 0.2) is 36.7 Å². The number of para-hydroxylation sites is 1. The van der Waals surface area contributed by atoms with E-state index in [4.69, 9.17) is 21.1 Å². The number of hydrogen-bond donors (Lipinski definition) is 3. The van der Waals surface area contributed by atoms with Gasteiger partial charge in [-0.2, -0.15) is 0 Å². The van der Waals surface area contributed by atoms with E-state index in [0.29, 0.717) is 46.4 Å². The van der Waals surface area contributed by atoms with E-state index in [0.717, 1.165) is 23.2 Å². The van der Waals surface area contributed by atoms with Crippen molar-refractivity contribution in [3.05, 3.63) is 52.9 Å². The molecule has 0 aliphatic heterocycles. The van der Waals surface area contributed by atoms with Gasteiger partial charge in [0.05, 0.1) is 48.1 Å².